The SMILES string of the molecule is CC(C)OCCC(C(=O)O)C(=O)O. The fourth-order valence-electron chi connectivity index (χ4n) is 0.774. The number of ether oxygens (including phenoxy) is 1. The van der Waals surface area contributed by atoms with Gasteiger partial charge in [-0.25, -0.2) is 0 Å². The summed E-state index contributed by atoms with van der Waals surface area (Å²) in [4.78, 5) is 20.8. The molecule has 0 radical (unpaired) electrons. The lowest BCUT2D eigenvalue weighted by molar-refractivity contribution is -0.155. The van der Waals surface area contributed by atoms with Gasteiger partial charge < -0.3 is 14.9 Å². The largest absolute Gasteiger partial charge is 0.481 e. The lowest BCUT2D eigenvalue weighted by Crippen LogP contribution is -2.25. The Morgan fingerprint density at radius 2 is 1.69 bits per heavy atom. The molecule has 0 atom stereocenters. The Bertz CT molecular complexity index is 173. The van der Waals surface area contributed by atoms with Gasteiger partial charge in [0, 0.05) is 6.61 Å². The second-order valence-corrected chi connectivity index (χ2v) is 2.94. The summed E-state index contributed by atoms with van der Waals surface area (Å²) in [6.07, 6.45) is -0.00807. The summed E-state index contributed by atoms with van der Waals surface area (Å²) >= 11 is 0. The Hall–Kier alpha value is -1.10. The maximum Gasteiger partial charge on any atom is 0.317 e. The van der Waals surface area contributed by atoms with Crippen molar-refractivity contribution in [1.82, 2.24) is 0 Å². The average Bonchev–Trinajstić information content (AvgIpc) is 1.95. The van der Waals surface area contributed by atoms with Gasteiger partial charge in [0.05, 0.1) is 6.10 Å². The highest BCUT2D eigenvalue weighted by atomic mass is 16.5. The third kappa shape index (κ3) is 5.19. The lowest BCUT2D eigenvalue weighted by atomic mass is 10.1. The standard InChI is InChI=1S/C8H14O5/c1-5(2)13-4-3-6(7(9)10)8(11)12/h5-6H,3-4H2,1-2H3,(H,9,10)(H,11,12). The molecule has 0 aliphatic heterocycles. The Balaban J connectivity index is 3.84. The van der Waals surface area contributed by atoms with Crippen molar-refractivity contribution >= 4 is 11.9 Å². The Morgan fingerprint density at radius 3 is 2.00 bits per heavy atom. The fraction of sp³-hybridized carbons (Fsp3) is 0.750. The van der Waals surface area contributed by atoms with E-state index in [1.54, 1.807) is 13.8 Å². The first-order chi connectivity index (χ1) is 5.95. The molecule has 0 saturated carbocycles. The minimum absolute atomic E-state index is 0.00282. The first-order valence-corrected chi connectivity index (χ1v) is 4.02. The van der Waals surface area contributed by atoms with Crippen molar-refractivity contribution in [2.24, 2.45) is 5.92 Å². The van der Waals surface area contributed by atoms with E-state index in [2.05, 4.69) is 0 Å². The molecule has 0 heterocycles. The number of carbonyl (C=O) groups is 2. The highest BCUT2D eigenvalue weighted by molar-refractivity contribution is 5.92. The zero-order valence-corrected chi connectivity index (χ0v) is 7.69. The monoisotopic (exact) mass is 190 g/mol. The van der Waals surface area contributed by atoms with Gasteiger partial charge in [-0.2, -0.15) is 0 Å². The summed E-state index contributed by atoms with van der Waals surface area (Å²) in [7, 11) is 0. The van der Waals surface area contributed by atoms with E-state index in [-0.39, 0.29) is 19.1 Å². The number of carboxylic acid groups (broad SMARTS) is 2. The molecule has 0 aromatic heterocycles. The van der Waals surface area contributed by atoms with Crippen molar-refractivity contribution in [3.05, 3.63) is 0 Å². The van der Waals surface area contributed by atoms with Crippen molar-refractivity contribution in [2.45, 2.75) is 26.4 Å². The van der Waals surface area contributed by atoms with Crippen LogP contribution in [-0.2, 0) is 14.3 Å². The Labute approximate surface area is 76.3 Å². The van der Waals surface area contributed by atoms with Crippen LogP contribution in [0, 0.1) is 5.92 Å². The molecule has 0 aliphatic carbocycles. The first kappa shape index (κ1) is 11.9. The molecular weight excluding hydrogens is 176 g/mol. The van der Waals surface area contributed by atoms with E-state index in [4.69, 9.17) is 14.9 Å². The molecule has 2 N–H and O–H groups in total. The van der Waals surface area contributed by atoms with Gasteiger partial charge in [-0.15, -0.1) is 0 Å². The fourth-order valence-corrected chi connectivity index (χ4v) is 0.774. The van der Waals surface area contributed by atoms with Crippen molar-refractivity contribution < 1.29 is 24.5 Å². The second-order valence-electron chi connectivity index (χ2n) is 2.94. The van der Waals surface area contributed by atoms with Gasteiger partial charge in [-0.3, -0.25) is 9.59 Å². The molecule has 76 valence electrons. The average molecular weight is 190 g/mol. The quantitative estimate of drug-likeness (QED) is 0.599. The van der Waals surface area contributed by atoms with Crippen LogP contribution in [0.3, 0.4) is 0 Å². The zero-order chi connectivity index (χ0) is 10.4. The van der Waals surface area contributed by atoms with Gasteiger partial charge in [0.2, 0.25) is 0 Å². The normalized spacial score (nSPS) is 10.8. The maximum absolute atomic E-state index is 10.4. The molecule has 0 fully saturated rings. The van der Waals surface area contributed by atoms with Crippen LogP contribution in [0.4, 0.5) is 0 Å². The topological polar surface area (TPSA) is 83.8 Å². The summed E-state index contributed by atoms with van der Waals surface area (Å²) in [5, 5.41) is 16.9. The summed E-state index contributed by atoms with van der Waals surface area (Å²) < 4.78 is 5.05. The van der Waals surface area contributed by atoms with Gasteiger partial charge in [-0.1, -0.05) is 0 Å². The Kier molecular flexibility index (Phi) is 5.06. The van der Waals surface area contributed by atoms with E-state index in [9.17, 15) is 9.59 Å². The summed E-state index contributed by atoms with van der Waals surface area (Å²) in [5.41, 5.74) is 0. The number of aliphatic carboxylic acids is 2. The molecule has 0 aromatic carbocycles. The first-order valence-electron chi connectivity index (χ1n) is 4.02. The van der Waals surface area contributed by atoms with Crippen LogP contribution < -0.4 is 0 Å². The molecule has 0 bridgehead atoms. The molecule has 0 spiro atoms. The van der Waals surface area contributed by atoms with Crippen LogP contribution in [0.5, 0.6) is 0 Å². The van der Waals surface area contributed by atoms with Gasteiger partial charge in [0.15, 0.2) is 5.92 Å². The van der Waals surface area contributed by atoms with Crippen LogP contribution in [0.1, 0.15) is 20.3 Å². The number of hydrogen-bond acceptors (Lipinski definition) is 3. The van der Waals surface area contributed by atoms with Gasteiger partial charge in [0.1, 0.15) is 0 Å². The molecular formula is C8H14O5. The van der Waals surface area contributed by atoms with Crippen molar-refractivity contribution in [3.63, 3.8) is 0 Å². The molecule has 0 rings (SSSR count). The summed E-state index contributed by atoms with van der Waals surface area (Å²) in [6.45, 7) is 3.76. The lowest BCUT2D eigenvalue weighted by Gasteiger charge is -2.09. The highest BCUT2D eigenvalue weighted by Crippen LogP contribution is 2.04. The Morgan fingerprint density at radius 1 is 1.23 bits per heavy atom. The van der Waals surface area contributed by atoms with Crippen LogP contribution in [0.2, 0.25) is 0 Å². The van der Waals surface area contributed by atoms with E-state index in [1.807, 2.05) is 0 Å². The third-order valence-electron chi connectivity index (χ3n) is 1.45. The molecule has 5 heteroatoms. The minimum Gasteiger partial charge on any atom is -0.481 e. The second kappa shape index (κ2) is 5.53. The van der Waals surface area contributed by atoms with Crippen molar-refractivity contribution in [2.75, 3.05) is 6.61 Å². The van der Waals surface area contributed by atoms with Crippen LogP contribution >= 0.6 is 0 Å². The van der Waals surface area contributed by atoms with Crippen LogP contribution in [0.15, 0.2) is 0 Å². The van der Waals surface area contributed by atoms with Crippen molar-refractivity contribution in [1.29, 1.82) is 0 Å². The van der Waals surface area contributed by atoms with Crippen molar-refractivity contribution in [3.8, 4) is 0 Å². The molecule has 0 aromatic rings. The van der Waals surface area contributed by atoms with E-state index in [1.165, 1.54) is 0 Å². The van der Waals surface area contributed by atoms with Gasteiger partial charge in [0.25, 0.3) is 0 Å². The molecule has 0 amide bonds. The van der Waals surface area contributed by atoms with E-state index >= 15 is 0 Å². The van der Waals surface area contributed by atoms with E-state index in [0.717, 1.165) is 0 Å². The summed E-state index contributed by atoms with van der Waals surface area (Å²) in [5.74, 6) is -4.00. The molecule has 13 heavy (non-hydrogen) atoms. The smallest absolute Gasteiger partial charge is 0.317 e. The number of hydrogen-bond donors (Lipinski definition) is 2. The third-order valence-corrected chi connectivity index (χ3v) is 1.45. The van der Waals surface area contributed by atoms with Gasteiger partial charge in [-0.05, 0) is 20.3 Å². The summed E-state index contributed by atoms with van der Waals surface area (Å²) in [6, 6.07) is 0. The molecule has 0 unspecified atom stereocenters. The molecule has 5 nitrogen and oxygen atoms in total. The van der Waals surface area contributed by atoms with Gasteiger partial charge >= 0.3 is 11.9 Å². The predicted octanol–water partition coefficient (Wildman–Crippen LogP) is 0.587. The highest BCUT2D eigenvalue weighted by Gasteiger charge is 2.25. The molecule has 0 aliphatic rings. The zero-order valence-electron chi connectivity index (χ0n) is 7.69. The van der Waals surface area contributed by atoms with E-state index < -0.39 is 17.9 Å². The number of carboxylic acids is 2. The molecule has 0 saturated heterocycles. The predicted molar refractivity (Wildman–Crippen MR) is 44.5 cm³/mol. The van der Waals surface area contributed by atoms with Crippen LogP contribution in [0.25, 0.3) is 0 Å². The van der Waals surface area contributed by atoms with E-state index in [0.29, 0.717) is 0 Å². The maximum atomic E-state index is 10.4. The number of rotatable bonds is 6. The van der Waals surface area contributed by atoms with Crippen LogP contribution in [-0.4, -0.2) is 34.9 Å². The minimum atomic E-state index is -1.36.